The first-order valence-corrected chi connectivity index (χ1v) is 7.26. The molecule has 3 aromatic rings. The van der Waals surface area contributed by atoms with Crippen LogP contribution >= 0.6 is 0 Å². The minimum absolute atomic E-state index is 0.392. The van der Waals surface area contributed by atoms with Crippen molar-refractivity contribution in [1.82, 2.24) is 4.98 Å². The zero-order chi connectivity index (χ0) is 15.9. The van der Waals surface area contributed by atoms with Crippen LogP contribution in [0, 0.1) is 20.8 Å². The molecule has 0 radical (unpaired) electrons. The van der Waals surface area contributed by atoms with Crippen molar-refractivity contribution >= 4 is 16.8 Å². The van der Waals surface area contributed by atoms with Crippen LogP contribution in [0.4, 0.5) is 0 Å². The third-order valence-corrected chi connectivity index (χ3v) is 4.07. The molecular formula is C19H18N2O. The molecule has 110 valence electrons. The van der Waals surface area contributed by atoms with E-state index in [1.165, 1.54) is 0 Å². The maximum Gasteiger partial charge on any atom is 0.249 e. The molecular weight excluding hydrogens is 272 g/mol. The Morgan fingerprint density at radius 2 is 1.73 bits per heavy atom. The number of amides is 1. The lowest BCUT2D eigenvalue weighted by Crippen LogP contribution is -2.15. The van der Waals surface area contributed by atoms with Crippen LogP contribution in [0.1, 0.15) is 27.0 Å². The highest BCUT2D eigenvalue weighted by molar-refractivity contribution is 5.98. The molecule has 0 fully saturated rings. The zero-order valence-corrected chi connectivity index (χ0v) is 13.0. The number of para-hydroxylation sites is 1. The van der Waals surface area contributed by atoms with Crippen molar-refractivity contribution in [3.05, 3.63) is 64.7 Å². The largest absolute Gasteiger partial charge is 0.366 e. The topological polar surface area (TPSA) is 56.0 Å². The lowest BCUT2D eigenvalue weighted by molar-refractivity contribution is 0.0999. The van der Waals surface area contributed by atoms with Gasteiger partial charge >= 0.3 is 0 Å². The Morgan fingerprint density at radius 3 is 2.45 bits per heavy atom. The number of pyridine rings is 1. The summed E-state index contributed by atoms with van der Waals surface area (Å²) in [5.41, 5.74) is 11.8. The van der Waals surface area contributed by atoms with Gasteiger partial charge in [0, 0.05) is 16.5 Å². The van der Waals surface area contributed by atoms with E-state index < -0.39 is 5.91 Å². The Labute approximate surface area is 129 Å². The monoisotopic (exact) mass is 290 g/mol. The van der Waals surface area contributed by atoms with Crippen LogP contribution in [0.2, 0.25) is 0 Å². The molecule has 1 aromatic heterocycles. The number of aryl methyl sites for hydroxylation is 2. The molecule has 0 aliphatic carbocycles. The Bertz CT molecular complexity index is 897. The van der Waals surface area contributed by atoms with Crippen molar-refractivity contribution in [2.24, 2.45) is 5.73 Å². The number of nitrogens with two attached hydrogens (primary N) is 1. The van der Waals surface area contributed by atoms with Crippen LogP contribution in [-0.4, -0.2) is 10.9 Å². The first-order valence-electron chi connectivity index (χ1n) is 7.26. The van der Waals surface area contributed by atoms with Crippen molar-refractivity contribution < 1.29 is 4.79 Å². The maximum atomic E-state index is 11.8. The smallest absolute Gasteiger partial charge is 0.249 e. The lowest BCUT2D eigenvalue weighted by Gasteiger charge is -2.15. The minimum Gasteiger partial charge on any atom is -0.366 e. The molecule has 0 atom stereocenters. The summed E-state index contributed by atoms with van der Waals surface area (Å²) in [6.07, 6.45) is 0. The van der Waals surface area contributed by atoms with Gasteiger partial charge in [-0.3, -0.25) is 4.79 Å². The first-order chi connectivity index (χ1) is 10.5. The standard InChI is InChI=1S/C19H18N2O/c1-11-10-12(2)18(19(20)22)13(3)17(11)16-9-8-14-6-4-5-7-15(14)21-16/h4-10H,1-3H3,(H2,20,22). The molecule has 2 aromatic carbocycles. The van der Waals surface area contributed by atoms with E-state index in [1.807, 2.05) is 57.2 Å². The normalized spacial score (nSPS) is 10.9. The van der Waals surface area contributed by atoms with Crippen LogP contribution in [0.25, 0.3) is 22.2 Å². The molecule has 0 saturated heterocycles. The number of benzene rings is 2. The number of hydrogen-bond acceptors (Lipinski definition) is 2. The van der Waals surface area contributed by atoms with E-state index in [1.54, 1.807) is 0 Å². The number of carbonyl (C=O) groups is 1. The molecule has 1 heterocycles. The second-order valence-corrected chi connectivity index (χ2v) is 5.64. The first kappa shape index (κ1) is 14.3. The summed E-state index contributed by atoms with van der Waals surface area (Å²) in [7, 11) is 0. The highest BCUT2D eigenvalue weighted by atomic mass is 16.1. The van der Waals surface area contributed by atoms with Gasteiger partial charge in [0.25, 0.3) is 0 Å². The molecule has 0 saturated carbocycles. The number of rotatable bonds is 2. The molecule has 0 aliphatic rings. The predicted octanol–water partition coefficient (Wildman–Crippen LogP) is 3.93. The van der Waals surface area contributed by atoms with Gasteiger partial charge in [0.15, 0.2) is 0 Å². The van der Waals surface area contributed by atoms with Crippen molar-refractivity contribution in [3.63, 3.8) is 0 Å². The van der Waals surface area contributed by atoms with Crippen molar-refractivity contribution in [1.29, 1.82) is 0 Å². The lowest BCUT2D eigenvalue weighted by atomic mass is 9.91. The number of primary amides is 1. The number of fused-ring (bicyclic) bond motifs is 1. The second-order valence-electron chi connectivity index (χ2n) is 5.64. The molecule has 22 heavy (non-hydrogen) atoms. The fourth-order valence-electron chi connectivity index (χ4n) is 3.16. The Hall–Kier alpha value is -2.68. The van der Waals surface area contributed by atoms with Gasteiger partial charge in [-0.1, -0.05) is 30.3 Å². The zero-order valence-electron chi connectivity index (χ0n) is 13.0. The van der Waals surface area contributed by atoms with E-state index in [4.69, 9.17) is 10.7 Å². The molecule has 0 spiro atoms. The van der Waals surface area contributed by atoms with Crippen LogP contribution in [0.5, 0.6) is 0 Å². The predicted molar refractivity (Wildman–Crippen MR) is 89.9 cm³/mol. The third-order valence-electron chi connectivity index (χ3n) is 4.07. The molecule has 1 amide bonds. The van der Waals surface area contributed by atoms with Crippen LogP contribution in [0.3, 0.4) is 0 Å². The summed E-state index contributed by atoms with van der Waals surface area (Å²) in [5.74, 6) is -0.392. The second kappa shape index (κ2) is 5.26. The van der Waals surface area contributed by atoms with Gasteiger partial charge in [0.2, 0.25) is 5.91 Å². The summed E-state index contributed by atoms with van der Waals surface area (Å²) in [4.78, 5) is 16.5. The highest BCUT2D eigenvalue weighted by Crippen LogP contribution is 2.31. The number of hydrogen-bond donors (Lipinski definition) is 1. The number of nitrogens with zero attached hydrogens (tertiary/aromatic N) is 1. The Kier molecular flexibility index (Phi) is 3.41. The van der Waals surface area contributed by atoms with E-state index >= 15 is 0 Å². The van der Waals surface area contributed by atoms with Crippen molar-refractivity contribution in [2.75, 3.05) is 0 Å². The maximum absolute atomic E-state index is 11.8. The van der Waals surface area contributed by atoms with Gasteiger partial charge in [-0.05, 0) is 49.6 Å². The third kappa shape index (κ3) is 2.25. The average Bonchev–Trinajstić information content (AvgIpc) is 2.46. The van der Waals surface area contributed by atoms with E-state index in [2.05, 4.69) is 6.07 Å². The van der Waals surface area contributed by atoms with Gasteiger partial charge in [-0.25, -0.2) is 4.98 Å². The average molecular weight is 290 g/mol. The quantitative estimate of drug-likeness (QED) is 0.777. The fourth-order valence-corrected chi connectivity index (χ4v) is 3.16. The van der Waals surface area contributed by atoms with Gasteiger partial charge in [-0.2, -0.15) is 0 Å². The summed E-state index contributed by atoms with van der Waals surface area (Å²) in [6.45, 7) is 5.89. The molecule has 2 N–H and O–H groups in total. The molecule has 3 rings (SSSR count). The Balaban J connectivity index is 2.30. The van der Waals surface area contributed by atoms with E-state index in [0.717, 1.165) is 38.9 Å². The molecule has 3 heteroatoms. The van der Waals surface area contributed by atoms with Gasteiger partial charge < -0.3 is 5.73 Å². The summed E-state index contributed by atoms with van der Waals surface area (Å²) in [6, 6.07) is 14.1. The van der Waals surface area contributed by atoms with E-state index in [-0.39, 0.29) is 0 Å². The van der Waals surface area contributed by atoms with Crippen LogP contribution in [0.15, 0.2) is 42.5 Å². The SMILES string of the molecule is Cc1cc(C)c(-c2ccc3ccccc3n2)c(C)c1C(N)=O. The van der Waals surface area contributed by atoms with E-state index in [9.17, 15) is 4.79 Å². The van der Waals surface area contributed by atoms with Gasteiger partial charge in [-0.15, -0.1) is 0 Å². The molecule has 0 aliphatic heterocycles. The molecule has 3 nitrogen and oxygen atoms in total. The fraction of sp³-hybridized carbons (Fsp3) is 0.158. The number of aromatic nitrogens is 1. The molecule has 0 bridgehead atoms. The highest BCUT2D eigenvalue weighted by Gasteiger charge is 2.17. The Morgan fingerprint density at radius 1 is 1.00 bits per heavy atom. The van der Waals surface area contributed by atoms with E-state index in [0.29, 0.717) is 5.56 Å². The minimum atomic E-state index is -0.392. The molecule has 0 unspecified atom stereocenters. The van der Waals surface area contributed by atoms with Crippen LogP contribution < -0.4 is 5.73 Å². The summed E-state index contributed by atoms with van der Waals surface area (Å²) < 4.78 is 0. The van der Waals surface area contributed by atoms with Crippen molar-refractivity contribution in [3.8, 4) is 11.3 Å². The number of carbonyl (C=O) groups excluding carboxylic acids is 1. The van der Waals surface area contributed by atoms with Crippen LogP contribution in [-0.2, 0) is 0 Å². The van der Waals surface area contributed by atoms with Crippen molar-refractivity contribution in [2.45, 2.75) is 20.8 Å². The van der Waals surface area contributed by atoms with Gasteiger partial charge in [0.1, 0.15) is 0 Å². The summed E-state index contributed by atoms with van der Waals surface area (Å²) in [5, 5.41) is 1.10. The van der Waals surface area contributed by atoms with Gasteiger partial charge in [0.05, 0.1) is 11.2 Å². The summed E-state index contributed by atoms with van der Waals surface area (Å²) >= 11 is 0.